The molecule has 4 rings (SSSR count). The average Bonchev–Trinajstić information content (AvgIpc) is 3.21. The summed E-state index contributed by atoms with van der Waals surface area (Å²) in [7, 11) is 0. The molecule has 7 heteroatoms. The Morgan fingerprint density at radius 2 is 1.76 bits per heavy atom. The van der Waals surface area contributed by atoms with E-state index in [1.54, 1.807) is 11.3 Å². The summed E-state index contributed by atoms with van der Waals surface area (Å²) >= 11 is 1.69. The number of piperidine rings is 2. The van der Waals surface area contributed by atoms with Crippen LogP contribution in [0.4, 0.5) is 10.8 Å². The summed E-state index contributed by atoms with van der Waals surface area (Å²) in [5.41, 5.74) is 2.91. The van der Waals surface area contributed by atoms with Gasteiger partial charge in [-0.05, 0) is 56.9 Å². The van der Waals surface area contributed by atoms with Gasteiger partial charge in [-0.1, -0.05) is 0 Å². The summed E-state index contributed by atoms with van der Waals surface area (Å²) in [6.45, 7) is 5.69. The number of aromatic nitrogens is 1. The van der Waals surface area contributed by atoms with Gasteiger partial charge in [0.15, 0.2) is 5.13 Å². The molecule has 29 heavy (non-hydrogen) atoms. The minimum absolute atomic E-state index is 0.115. The summed E-state index contributed by atoms with van der Waals surface area (Å²) in [4.78, 5) is 21.9. The van der Waals surface area contributed by atoms with Crippen LogP contribution in [0, 0.1) is 24.2 Å². The van der Waals surface area contributed by atoms with E-state index in [9.17, 15) is 4.79 Å². The van der Waals surface area contributed by atoms with E-state index < -0.39 is 0 Å². The van der Waals surface area contributed by atoms with Gasteiger partial charge in [-0.25, -0.2) is 4.98 Å². The Morgan fingerprint density at radius 1 is 1.10 bits per heavy atom. The van der Waals surface area contributed by atoms with Gasteiger partial charge < -0.3 is 15.1 Å². The average molecular weight is 410 g/mol. The highest BCUT2D eigenvalue weighted by Crippen LogP contribution is 2.27. The molecule has 0 saturated carbocycles. The van der Waals surface area contributed by atoms with E-state index in [4.69, 9.17) is 5.26 Å². The van der Waals surface area contributed by atoms with Crippen LogP contribution in [-0.2, 0) is 4.79 Å². The van der Waals surface area contributed by atoms with Crippen molar-refractivity contribution in [2.75, 3.05) is 36.0 Å². The zero-order valence-corrected chi connectivity index (χ0v) is 17.6. The van der Waals surface area contributed by atoms with Gasteiger partial charge in [0, 0.05) is 49.2 Å². The normalized spacial score (nSPS) is 18.5. The lowest BCUT2D eigenvalue weighted by Crippen LogP contribution is -2.48. The zero-order chi connectivity index (χ0) is 20.2. The van der Waals surface area contributed by atoms with Gasteiger partial charge in [0.25, 0.3) is 0 Å². The van der Waals surface area contributed by atoms with Crippen LogP contribution in [0.2, 0.25) is 0 Å². The van der Waals surface area contributed by atoms with Gasteiger partial charge >= 0.3 is 0 Å². The second-order valence-electron chi connectivity index (χ2n) is 7.96. The Labute approximate surface area is 176 Å². The number of aryl methyl sites for hydroxylation is 1. The molecule has 1 aromatic carbocycles. The fourth-order valence-electron chi connectivity index (χ4n) is 4.17. The number of carbonyl (C=O) groups is 1. The van der Waals surface area contributed by atoms with Crippen molar-refractivity contribution in [3.05, 3.63) is 40.9 Å². The molecule has 6 nitrogen and oxygen atoms in total. The third-order valence-electron chi connectivity index (χ3n) is 5.95. The van der Waals surface area contributed by atoms with E-state index in [0.717, 1.165) is 68.4 Å². The summed E-state index contributed by atoms with van der Waals surface area (Å²) in [6.07, 6.45) is 3.72. The predicted octanol–water partition coefficient (Wildman–Crippen LogP) is 3.32. The summed E-state index contributed by atoms with van der Waals surface area (Å²) < 4.78 is 0. The number of amides is 1. The largest absolute Gasteiger partial charge is 0.371 e. The molecule has 1 aromatic heterocycles. The highest BCUT2D eigenvalue weighted by Gasteiger charge is 2.28. The number of carbonyl (C=O) groups excluding carboxylic acids is 1. The van der Waals surface area contributed by atoms with E-state index >= 15 is 0 Å². The lowest BCUT2D eigenvalue weighted by molar-refractivity contribution is -0.126. The molecule has 3 heterocycles. The Morgan fingerprint density at radius 3 is 2.34 bits per heavy atom. The van der Waals surface area contributed by atoms with Crippen molar-refractivity contribution in [2.45, 2.75) is 38.6 Å². The monoisotopic (exact) mass is 409 g/mol. The lowest BCUT2D eigenvalue weighted by atomic mass is 9.95. The smallest absolute Gasteiger partial charge is 0.223 e. The van der Waals surface area contributed by atoms with Crippen LogP contribution in [0.15, 0.2) is 29.6 Å². The van der Waals surface area contributed by atoms with Gasteiger partial charge in [0.05, 0.1) is 17.3 Å². The molecule has 2 aromatic rings. The third-order valence-corrected chi connectivity index (χ3v) is 6.97. The van der Waals surface area contributed by atoms with Crippen LogP contribution in [0.1, 0.15) is 36.9 Å². The summed E-state index contributed by atoms with van der Waals surface area (Å²) in [5.74, 6) is 0.334. The topological polar surface area (TPSA) is 72.3 Å². The first kappa shape index (κ1) is 19.7. The van der Waals surface area contributed by atoms with Crippen LogP contribution in [0.3, 0.4) is 0 Å². The molecule has 0 aliphatic carbocycles. The minimum Gasteiger partial charge on any atom is -0.371 e. The van der Waals surface area contributed by atoms with Crippen molar-refractivity contribution >= 4 is 28.1 Å². The Hall–Kier alpha value is -2.59. The van der Waals surface area contributed by atoms with Crippen LogP contribution in [-0.4, -0.2) is 43.1 Å². The molecular formula is C22H27N5OS. The van der Waals surface area contributed by atoms with Gasteiger partial charge in [-0.2, -0.15) is 5.26 Å². The Balaban J connectivity index is 1.22. The molecule has 1 amide bonds. The van der Waals surface area contributed by atoms with Crippen LogP contribution in [0.25, 0.3) is 0 Å². The molecule has 2 saturated heterocycles. The van der Waals surface area contributed by atoms with Gasteiger partial charge in [-0.15, -0.1) is 11.3 Å². The minimum atomic E-state index is 0.115. The maximum Gasteiger partial charge on any atom is 0.223 e. The van der Waals surface area contributed by atoms with Crippen molar-refractivity contribution in [3.63, 3.8) is 0 Å². The molecule has 0 spiro atoms. The van der Waals surface area contributed by atoms with E-state index in [2.05, 4.69) is 31.5 Å². The number of anilines is 2. The molecular weight excluding hydrogens is 382 g/mol. The molecule has 2 aliphatic rings. The highest BCUT2D eigenvalue weighted by atomic mass is 32.1. The predicted molar refractivity (Wildman–Crippen MR) is 116 cm³/mol. The van der Waals surface area contributed by atoms with Crippen molar-refractivity contribution in [2.24, 2.45) is 5.92 Å². The summed E-state index contributed by atoms with van der Waals surface area (Å²) in [6, 6.07) is 10.2. The molecule has 2 aliphatic heterocycles. The SMILES string of the molecule is Cc1csc(N2CCC(C(=O)NC3CCN(c4ccc(C#N)cc4)CC3)CC2)n1. The van der Waals surface area contributed by atoms with E-state index in [0.29, 0.717) is 5.56 Å². The second kappa shape index (κ2) is 8.83. The fraction of sp³-hybridized carbons (Fsp3) is 0.500. The number of nitrogens with zero attached hydrogens (tertiary/aromatic N) is 4. The molecule has 1 N–H and O–H groups in total. The maximum atomic E-state index is 12.7. The molecule has 0 radical (unpaired) electrons. The van der Waals surface area contributed by atoms with Crippen molar-refractivity contribution < 1.29 is 4.79 Å². The molecule has 152 valence electrons. The first-order valence-corrected chi connectivity index (χ1v) is 11.2. The molecule has 0 atom stereocenters. The highest BCUT2D eigenvalue weighted by molar-refractivity contribution is 7.13. The van der Waals surface area contributed by atoms with E-state index in [1.165, 1.54) is 0 Å². The van der Waals surface area contributed by atoms with Gasteiger partial charge in [-0.3, -0.25) is 4.79 Å². The van der Waals surface area contributed by atoms with Gasteiger partial charge in [0.2, 0.25) is 5.91 Å². The van der Waals surface area contributed by atoms with Crippen LogP contribution < -0.4 is 15.1 Å². The number of nitrogens with one attached hydrogen (secondary N) is 1. The maximum absolute atomic E-state index is 12.7. The number of hydrogen-bond donors (Lipinski definition) is 1. The lowest BCUT2D eigenvalue weighted by Gasteiger charge is -2.36. The van der Waals surface area contributed by atoms with Crippen LogP contribution >= 0.6 is 11.3 Å². The Kier molecular flexibility index (Phi) is 6.00. The second-order valence-corrected chi connectivity index (χ2v) is 8.80. The standard InChI is InChI=1S/C22H27N5OS/c1-16-15-29-22(24-16)27-10-6-18(7-11-27)21(28)25-19-8-12-26(13-9-19)20-4-2-17(14-23)3-5-20/h2-5,15,18-19H,6-13H2,1H3,(H,25,28). The third kappa shape index (κ3) is 4.70. The quantitative estimate of drug-likeness (QED) is 0.839. The van der Waals surface area contributed by atoms with Gasteiger partial charge in [0.1, 0.15) is 0 Å². The summed E-state index contributed by atoms with van der Waals surface area (Å²) in [5, 5.41) is 15.4. The van der Waals surface area contributed by atoms with E-state index in [-0.39, 0.29) is 17.9 Å². The zero-order valence-electron chi connectivity index (χ0n) is 16.8. The Bertz CT molecular complexity index is 871. The number of nitriles is 1. The number of rotatable bonds is 4. The molecule has 2 fully saturated rings. The van der Waals surface area contributed by atoms with E-state index in [1.807, 2.05) is 31.2 Å². The number of hydrogen-bond acceptors (Lipinski definition) is 6. The van der Waals surface area contributed by atoms with Crippen molar-refractivity contribution in [1.29, 1.82) is 5.26 Å². The van der Waals surface area contributed by atoms with Crippen molar-refractivity contribution in [1.82, 2.24) is 10.3 Å². The number of benzene rings is 1. The first-order valence-electron chi connectivity index (χ1n) is 10.3. The van der Waals surface area contributed by atoms with Crippen LogP contribution in [0.5, 0.6) is 0 Å². The fourth-order valence-corrected chi connectivity index (χ4v) is 5.02. The number of thiazole rings is 1. The van der Waals surface area contributed by atoms with Crippen molar-refractivity contribution in [3.8, 4) is 6.07 Å². The molecule has 0 bridgehead atoms. The molecule has 0 unspecified atom stereocenters. The first-order chi connectivity index (χ1) is 14.1.